The molecule has 0 aromatic carbocycles. The minimum absolute atomic E-state index is 0.489. The molecule has 0 unspecified atom stereocenters. The van der Waals surface area contributed by atoms with Crippen molar-refractivity contribution >= 4 is 11.8 Å². The molecule has 1 heterocycles. The molecule has 3 nitrogen and oxygen atoms in total. The maximum absolute atomic E-state index is 5.55. The summed E-state index contributed by atoms with van der Waals surface area (Å²) < 4.78 is 0. The van der Waals surface area contributed by atoms with Crippen molar-refractivity contribution in [3.8, 4) is 0 Å². The van der Waals surface area contributed by atoms with Crippen LogP contribution in [0.3, 0.4) is 0 Å². The van der Waals surface area contributed by atoms with E-state index >= 15 is 0 Å². The Morgan fingerprint density at radius 1 is 1.43 bits per heavy atom. The van der Waals surface area contributed by atoms with Crippen LogP contribution in [0.15, 0.2) is 6.07 Å². The lowest BCUT2D eigenvalue weighted by Gasteiger charge is -2.06. The number of thioether (sulfide) groups is 1. The molecule has 14 heavy (non-hydrogen) atoms. The molecule has 0 fully saturated rings. The van der Waals surface area contributed by atoms with Gasteiger partial charge in [0.15, 0.2) is 0 Å². The fourth-order valence-electron chi connectivity index (χ4n) is 1.11. The molecule has 0 bridgehead atoms. The SMILES string of the molecule is Cc1cc(CN)nc(CSC(C)C)n1. The van der Waals surface area contributed by atoms with E-state index in [1.54, 1.807) is 0 Å². The van der Waals surface area contributed by atoms with E-state index in [9.17, 15) is 0 Å². The number of nitrogens with zero attached hydrogens (tertiary/aromatic N) is 2. The molecule has 0 saturated heterocycles. The van der Waals surface area contributed by atoms with Crippen molar-refractivity contribution in [1.82, 2.24) is 9.97 Å². The Hall–Kier alpha value is -0.610. The fourth-order valence-corrected chi connectivity index (χ4v) is 1.72. The van der Waals surface area contributed by atoms with Gasteiger partial charge < -0.3 is 5.73 Å². The standard InChI is InChI=1S/C10H17N3S/c1-7(2)14-6-10-12-8(3)4-9(5-11)13-10/h4,7H,5-6,11H2,1-3H3. The van der Waals surface area contributed by atoms with Gasteiger partial charge >= 0.3 is 0 Å². The van der Waals surface area contributed by atoms with Crippen LogP contribution in [-0.4, -0.2) is 15.2 Å². The second-order valence-corrected chi connectivity index (χ2v) is 5.05. The molecule has 0 spiro atoms. The summed E-state index contributed by atoms with van der Waals surface area (Å²) in [5.41, 5.74) is 7.47. The number of hydrogen-bond donors (Lipinski definition) is 1. The van der Waals surface area contributed by atoms with Gasteiger partial charge in [-0.15, -0.1) is 0 Å². The van der Waals surface area contributed by atoms with Gasteiger partial charge in [-0.2, -0.15) is 11.8 Å². The van der Waals surface area contributed by atoms with Gasteiger partial charge in [0.05, 0.1) is 11.4 Å². The van der Waals surface area contributed by atoms with Crippen molar-refractivity contribution in [2.45, 2.75) is 38.3 Å². The van der Waals surface area contributed by atoms with E-state index in [-0.39, 0.29) is 0 Å². The second-order valence-electron chi connectivity index (χ2n) is 3.48. The van der Waals surface area contributed by atoms with E-state index in [0.29, 0.717) is 11.8 Å². The van der Waals surface area contributed by atoms with E-state index in [0.717, 1.165) is 23.0 Å². The van der Waals surface area contributed by atoms with Crippen molar-refractivity contribution in [3.05, 3.63) is 23.3 Å². The van der Waals surface area contributed by atoms with Crippen LogP contribution in [-0.2, 0) is 12.3 Å². The molecule has 0 radical (unpaired) electrons. The molecule has 1 rings (SSSR count). The lowest BCUT2D eigenvalue weighted by atomic mass is 10.3. The topological polar surface area (TPSA) is 51.8 Å². The van der Waals surface area contributed by atoms with Crippen LogP contribution in [0.1, 0.15) is 31.1 Å². The highest BCUT2D eigenvalue weighted by Crippen LogP contribution is 2.14. The molecule has 1 aromatic rings. The normalized spacial score (nSPS) is 10.9. The number of rotatable bonds is 4. The van der Waals surface area contributed by atoms with E-state index in [1.165, 1.54) is 0 Å². The number of aromatic nitrogens is 2. The summed E-state index contributed by atoms with van der Waals surface area (Å²) in [6.07, 6.45) is 0. The van der Waals surface area contributed by atoms with E-state index in [4.69, 9.17) is 5.73 Å². The van der Waals surface area contributed by atoms with E-state index < -0.39 is 0 Å². The quantitative estimate of drug-likeness (QED) is 0.826. The zero-order valence-corrected chi connectivity index (χ0v) is 9.77. The van der Waals surface area contributed by atoms with Crippen LogP contribution in [0.4, 0.5) is 0 Å². The summed E-state index contributed by atoms with van der Waals surface area (Å²) in [4.78, 5) is 8.73. The van der Waals surface area contributed by atoms with Crippen LogP contribution in [0.25, 0.3) is 0 Å². The third kappa shape index (κ3) is 3.64. The molecular formula is C10H17N3S. The number of hydrogen-bond acceptors (Lipinski definition) is 4. The Labute approximate surface area is 89.5 Å². The maximum Gasteiger partial charge on any atom is 0.138 e. The highest BCUT2D eigenvalue weighted by atomic mass is 32.2. The maximum atomic E-state index is 5.55. The Balaban J connectivity index is 2.71. The first-order valence-electron chi connectivity index (χ1n) is 4.77. The largest absolute Gasteiger partial charge is 0.325 e. The molecule has 78 valence electrons. The zero-order valence-electron chi connectivity index (χ0n) is 8.95. The first-order chi connectivity index (χ1) is 6.61. The molecule has 0 amide bonds. The summed E-state index contributed by atoms with van der Waals surface area (Å²) in [6.45, 7) is 6.81. The van der Waals surface area contributed by atoms with Crippen molar-refractivity contribution in [1.29, 1.82) is 0 Å². The second kappa shape index (κ2) is 5.32. The van der Waals surface area contributed by atoms with Crippen LogP contribution < -0.4 is 5.73 Å². The van der Waals surface area contributed by atoms with E-state index in [2.05, 4.69) is 23.8 Å². The van der Waals surface area contributed by atoms with Crippen LogP contribution in [0, 0.1) is 6.92 Å². The molecule has 0 aliphatic carbocycles. The van der Waals surface area contributed by atoms with E-state index in [1.807, 2.05) is 24.8 Å². The van der Waals surface area contributed by atoms with Crippen LogP contribution in [0.2, 0.25) is 0 Å². The Kier molecular flexibility index (Phi) is 4.35. The third-order valence-electron chi connectivity index (χ3n) is 1.71. The molecule has 1 aromatic heterocycles. The highest BCUT2D eigenvalue weighted by Gasteiger charge is 2.02. The first-order valence-corrected chi connectivity index (χ1v) is 5.81. The number of aryl methyl sites for hydroxylation is 1. The predicted octanol–water partition coefficient (Wildman–Crippen LogP) is 1.89. The first kappa shape index (κ1) is 11.5. The van der Waals surface area contributed by atoms with Crippen LogP contribution in [0.5, 0.6) is 0 Å². The lowest BCUT2D eigenvalue weighted by Crippen LogP contribution is -2.05. The summed E-state index contributed by atoms with van der Waals surface area (Å²) in [5.74, 6) is 1.76. The summed E-state index contributed by atoms with van der Waals surface area (Å²) in [5, 5.41) is 0.612. The molecule has 0 aliphatic rings. The average molecular weight is 211 g/mol. The van der Waals surface area contributed by atoms with Crippen molar-refractivity contribution in [2.75, 3.05) is 0 Å². The highest BCUT2D eigenvalue weighted by molar-refractivity contribution is 7.99. The van der Waals surface area contributed by atoms with Crippen molar-refractivity contribution < 1.29 is 0 Å². The third-order valence-corrected chi connectivity index (χ3v) is 2.80. The average Bonchev–Trinajstić information content (AvgIpc) is 2.14. The van der Waals surface area contributed by atoms with Crippen molar-refractivity contribution in [3.63, 3.8) is 0 Å². The minimum atomic E-state index is 0.489. The summed E-state index contributed by atoms with van der Waals surface area (Å²) in [6, 6.07) is 1.93. The Morgan fingerprint density at radius 3 is 2.71 bits per heavy atom. The minimum Gasteiger partial charge on any atom is -0.325 e. The molecule has 0 saturated carbocycles. The number of nitrogens with two attached hydrogens (primary N) is 1. The van der Waals surface area contributed by atoms with Crippen LogP contribution >= 0.6 is 11.8 Å². The van der Waals surface area contributed by atoms with Gasteiger partial charge in [0.25, 0.3) is 0 Å². The molecular weight excluding hydrogens is 194 g/mol. The van der Waals surface area contributed by atoms with Gasteiger partial charge in [0.2, 0.25) is 0 Å². The smallest absolute Gasteiger partial charge is 0.138 e. The molecule has 0 aliphatic heterocycles. The van der Waals surface area contributed by atoms with Gasteiger partial charge in [-0.3, -0.25) is 0 Å². The monoisotopic (exact) mass is 211 g/mol. The fraction of sp³-hybridized carbons (Fsp3) is 0.600. The Bertz CT molecular complexity index is 299. The van der Waals surface area contributed by atoms with Gasteiger partial charge in [-0.1, -0.05) is 13.8 Å². The molecule has 0 atom stereocenters. The van der Waals surface area contributed by atoms with Crippen molar-refractivity contribution in [2.24, 2.45) is 5.73 Å². The summed E-state index contributed by atoms with van der Waals surface area (Å²) in [7, 11) is 0. The lowest BCUT2D eigenvalue weighted by molar-refractivity contribution is 0.898. The predicted molar refractivity (Wildman–Crippen MR) is 61.1 cm³/mol. The molecule has 2 N–H and O–H groups in total. The van der Waals surface area contributed by atoms with Gasteiger partial charge in [0, 0.05) is 12.2 Å². The zero-order chi connectivity index (χ0) is 10.6. The van der Waals surface area contributed by atoms with Gasteiger partial charge in [0.1, 0.15) is 5.82 Å². The Morgan fingerprint density at radius 2 is 2.14 bits per heavy atom. The summed E-state index contributed by atoms with van der Waals surface area (Å²) >= 11 is 1.85. The molecule has 4 heteroatoms. The van der Waals surface area contributed by atoms with Gasteiger partial charge in [-0.05, 0) is 18.2 Å². The van der Waals surface area contributed by atoms with Gasteiger partial charge in [-0.25, -0.2) is 9.97 Å².